The van der Waals surface area contributed by atoms with E-state index in [1.165, 1.54) is 0 Å². The summed E-state index contributed by atoms with van der Waals surface area (Å²) in [7, 11) is 0. The van der Waals surface area contributed by atoms with Crippen LogP contribution in [0.3, 0.4) is 0 Å². The number of benzene rings is 1. The fourth-order valence-electron chi connectivity index (χ4n) is 3.60. The number of nitrogens with zero attached hydrogens (tertiary/aromatic N) is 2. The van der Waals surface area contributed by atoms with Crippen LogP contribution in [0.15, 0.2) is 40.9 Å². The molecule has 0 spiro atoms. The molecular formula is C22H28BrN3O2. The molecule has 0 saturated carbocycles. The highest BCUT2D eigenvalue weighted by Crippen LogP contribution is 2.22. The summed E-state index contributed by atoms with van der Waals surface area (Å²) in [5.74, 6) is 0.390. The molecule has 1 fully saturated rings. The van der Waals surface area contributed by atoms with Crippen LogP contribution < -0.4 is 5.32 Å². The van der Waals surface area contributed by atoms with Crippen LogP contribution >= 0.6 is 15.9 Å². The molecule has 0 aliphatic carbocycles. The topological polar surface area (TPSA) is 54.5 Å². The van der Waals surface area contributed by atoms with Crippen LogP contribution in [-0.4, -0.2) is 54.7 Å². The van der Waals surface area contributed by atoms with E-state index in [0.29, 0.717) is 24.1 Å². The molecule has 0 radical (unpaired) electrons. The third kappa shape index (κ3) is 5.19. The van der Waals surface area contributed by atoms with Gasteiger partial charge < -0.3 is 10.1 Å². The lowest BCUT2D eigenvalue weighted by molar-refractivity contribution is 0.00672. The van der Waals surface area contributed by atoms with Crippen molar-refractivity contribution in [3.63, 3.8) is 0 Å². The molecule has 2 aromatic rings. The van der Waals surface area contributed by atoms with Gasteiger partial charge in [0, 0.05) is 35.7 Å². The number of rotatable bonds is 6. The van der Waals surface area contributed by atoms with E-state index in [0.717, 1.165) is 47.7 Å². The average molecular weight is 446 g/mol. The number of morpholine rings is 1. The number of aryl methyl sites for hydroxylation is 1. The molecule has 1 aliphatic heterocycles. The number of carbonyl (C=O) groups is 1. The fraction of sp³-hybridized carbons (Fsp3) is 0.455. The third-order valence-electron chi connectivity index (χ3n) is 5.21. The highest BCUT2D eigenvalue weighted by Gasteiger charge is 2.24. The van der Waals surface area contributed by atoms with Gasteiger partial charge in [-0.05, 0) is 37.1 Å². The van der Waals surface area contributed by atoms with Gasteiger partial charge in [-0.3, -0.25) is 14.7 Å². The average Bonchev–Trinajstić information content (AvgIpc) is 2.68. The highest BCUT2D eigenvalue weighted by molar-refractivity contribution is 9.10. The highest BCUT2D eigenvalue weighted by atomic mass is 79.9. The Morgan fingerprint density at radius 3 is 2.64 bits per heavy atom. The number of pyridine rings is 1. The van der Waals surface area contributed by atoms with Gasteiger partial charge in [0.1, 0.15) is 0 Å². The molecule has 1 atom stereocenters. The number of aromatic nitrogens is 1. The Morgan fingerprint density at radius 2 is 2.00 bits per heavy atom. The van der Waals surface area contributed by atoms with Crippen molar-refractivity contribution in [2.24, 2.45) is 5.92 Å². The Hall–Kier alpha value is -1.76. The minimum atomic E-state index is -0.0651. The first-order chi connectivity index (χ1) is 13.5. The predicted octanol–water partition coefficient (Wildman–Crippen LogP) is 3.91. The zero-order valence-electron chi connectivity index (χ0n) is 16.7. The molecule has 1 aliphatic rings. The van der Waals surface area contributed by atoms with Crippen molar-refractivity contribution in [3.8, 4) is 11.3 Å². The Morgan fingerprint density at radius 1 is 1.25 bits per heavy atom. The summed E-state index contributed by atoms with van der Waals surface area (Å²) in [6.45, 7) is 10.3. The normalized spacial score (nSPS) is 16.2. The number of hydrogen-bond acceptors (Lipinski definition) is 4. The van der Waals surface area contributed by atoms with Crippen molar-refractivity contribution >= 4 is 21.8 Å². The molecule has 1 unspecified atom stereocenters. The first kappa shape index (κ1) is 21.0. The number of nitrogens with one attached hydrogen (secondary N) is 1. The summed E-state index contributed by atoms with van der Waals surface area (Å²) in [5.41, 5.74) is 3.26. The third-order valence-corrected chi connectivity index (χ3v) is 5.70. The van der Waals surface area contributed by atoms with Crippen molar-refractivity contribution < 1.29 is 9.53 Å². The second-order valence-corrected chi connectivity index (χ2v) is 8.43. The SMILES string of the molecule is Cc1nc(-c2cccc(Br)c2)ccc1C(=O)NCC(C(C)C)N1CCOCC1. The van der Waals surface area contributed by atoms with Gasteiger partial charge in [-0.1, -0.05) is 41.9 Å². The molecule has 150 valence electrons. The molecule has 0 bridgehead atoms. The minimum Gasteiger partial charge on any atom is -0.379 e. The van der Waals surface area contributed by atoms with Crippen LogP contribution in [0, 0.1) is 12.8 Å². The molecule has 1 aromatic heterocycles. The van der Waals surface area contributed by atoms with E-state index in [2.05, 4.69) is 45.0 Å². The first-order valence-corrected chi connectivity index (χ1v) is 10.6. The van der Waals surface area contributed by atoms with Crippen molar-refractivity contribution in [1.29, 1.82) is 0 Å². The maximum Gasteiger partial charge on any atom is 0.253 e. The quantitative estimate of drug-likeness (QED) is 0.731. The van der Waals surface area contributed by atoms with Gasteiger partial charge >= 0.3 is 0 Å². The van der Waals surface area contributed by atoms with Crippen molar-refractivity contribution in [1.82, 2.24) is 15.2 Å². The Bertz CT molecular complexity index is 819. The number of halogens is 1. The van der Waals surface area contributed by atoms with Crippen LogP contribution in [0.25, 0.3) is 11.3 Å². The second-order valence-electron chi connectivity index (χ2n) is 7.51. The first-order valence-electron chi connectivity index (χ1n) is 9.79. The van der Waals surface area contributed by atoms with Crippen molar-refractivity contribution in [2.75, 3.05) is 32.8 Å². The molecule has 1 N–H and O–H groups in total. The summed E-state index contributed by atoms with van der Waals surface area (Å²) in [6, 6.07) is 12.1. The van der Waals surface area contributed by atoms with Gasteiger partial charge in [-0.15, -0.1) is 0 Å². The van der Waals surface area contributed by atoms with Gasteiger partial charge in [-0.25, -0.2) is 0 Å². The fourth-order valence-corrected chi connectivity index (χ4v) is 4.00. The molecule has 1 amide bonds. The monoisotopic (exact) mass is 445 g/mol. The molecule has 3 rings (SSSR count). The second kappa shape index (κ2) is 9.63. The van der Waals surface area contributed by atoms with E-state index < -0.39 is 0 Å². The number of carbonyl (C=O) groups excluding carboxylic acids is 1. The summed E-state index contributed by atoms with van der Waals surface area (Å²) in [5, 5.41) is 3.12. The zero-order chi connectivity index (χ0) is 20.1. The maximum absolute atomic E-state index is 12.8. The van der Waals surface area contributed by atoms with Crippen LogP contribution in [0.5, 0.6) is 0 Å². The predicted molar refractivity (Wildman–Crippen MR) is 115 cm³/mol. The Kier molecular flexibility index (Phi) is 7.21. The van der Waals surface area contributed by atoms with E-state index in [-0.39, 0.29) is 5.91 Å². The molecule has 28 heavy (non-hydrogen) atoms. The number of ether oxygens (including phenoxy) is 1. The largest absolute Gasteiger partial charge is 0.379 e. The lowest BCUT2D eigenvalue weighted by Gasteiger charge is -2.36. The van der Waals surface area contributed by atoms with Crippen molar-refractivity contribution in [2.45, 2.75) is 26.8 Å². The number of hydrogen-bond donors (Lipinski definition) is 1. The van der Waals surface area contributed by atoms with E-state index in [1.807, 2.05) is 43.3 Å². The van der Waals surface area contributed by atoms with Gasteiger partial charge in [0.15, 0.2) is 0 Å². The van der Waals surface area contributed by atoms with Crippen LogP contribution in [0.2, 0.25) is 0 Å². The molecule has 5 nitrogen and oxygen atoms in total. The van der Waals surface area contributed by atoms with Gasteiger partial charge in [-0.2, -0.15) is 0 Å². The smallest absolute Gasteiger partial charge is 0.253 e. The Balaban J connectivity index is 1.68. The lowest BCUT2D eigenvalue weighted by atomic mass is 10.0. The van der Waals surface area contributed by atoms with E-state index in [4.69, 9.17) is 4.74 Å². The van der Waals surface area contributed by atoms with Crippen molar-refractivity contribution in [3.05, 3.63) is 52.1 Å². The van der Waals surface area contributed by atoms with E-state index in [1.54, 1.807) is 0 Å². The van der Waals surface area contributed by atoms with Crippen LogP contribution in [-0.2, 0) is 4.74 Å². The lowest BCUT2D eigenvalue weighted by Crippen LogP contribution is -2.51. The molecule has 6 heteroatoms. The standard InChI is InChI=1S/C22H28BrN3O2/c1-15(2)21(26-9-11-28-12-10-26)14-24-22(27)19-7-8-20(25-16(19)3)17-5-4-6-18(23)13-17/h4-8,13,15,21H,9-12,14H2,1-3H3,(H,24,27). The van der Waals surface area contributed by atoms with E-state index >= 15 is 0 Å². The molecule has 1 saturated heterocycles. The zero-order valence-corrected chi connectivity index (χ0v) is 18.3. The molecule has 1 aromatic carbocycles. The van der Waals surface area contributed by atoms with Gasteiger partial charge in [0.25, 0.3) is 5.91 Å². The minimum absolute atomic E-state index is 0.0651. The van der Waals surface area contributed by atoms with Gasteiger partial charge in [0.05, 0.1) is 30.2 Å². The van der Waals surface area contributed by atoms with Crippen LogP contribution in [0.4, 0.5) is 0 Å². The Labute approximate surface area is 175 Å². The molecular weight excluding hydrogens is 418 g/mol. The summed E-state index contributed by atoms with van der Waals surface area (Å²) in [6.07, 6.45) is 0. The van der Waals surface area contributed by atoms with E-state index in [9.17, 15) is 4.79 Å². The number of amides is 1. The summed E-state index contributed by atoms with van der Waals surface area (Å²) in [4.78, 5) is 19.8. The van der Waals surface area contributed by atoms with Gasteiger partial charge in [0.2, 0.25) is 0 Å². The summed E-state index contributed by atoms with van der Waals surface area (Å²) >= 11 is 3.49. The molecule has 2 heterocycles. The van der Waals surface area contributed by atoms with Crippen LogP contribution in [0.1, 0.15) is 29.9 Å². The maximum atomic E-state index is 12.8. The summed E-state index contributed by atoms with van der Waals surface area (Å²) < 4.78 is 6.46.